The molecule has 1 aromatic carbocycles. The first-order chi connectivity index (χ1) is 19.0. The van der Waals surface area contributed by atoms with E-state index in [0.717, 1.165) is 60.9 Å². The highest BCUT2D eigenvalue weighted by Crippen LogP contribution is 2.32. The SMILES string of the molecule is O=C(N[C@H]1CC[C@@H](n2c(=O)c3cc(F)cnc3n(C3CCSCC3)c2=O)CC1)C(O)c1ccc(C(F)(F)F)cc1. The number of aliphatic hydroxyl groups is 1. The highest BCUT2D eigenvalue weighted by molar-refractivity contribution is 7.99. The molecule has 0 bridgehead atoms. The quantitative estimate of drug-likeness (QED) is 0.440. The van der Waals surface area contributed by atoms with Crippen molar-refractivity contribution in [2.24, 2.45) is 0 Å². The van der Waals surface area contributed by atoms with Gasteiger partial charge < -0.3 is 10.4 Å². The fraction of sp³-hybridized carbons (Fsp3) is 0.481. The van der Waals surface area contributed by atoms with Gasteiger partial charge in [0.15, 0.2) is 6.10 Å². The number of aromatic nitrogens is 3. The van der Waals surface area contributed by atoms with Gasteiger partial charge in [-0.05, 0) is 73.8 Å². The molecule has 1 saturated carbocycles. The Balaban J connectivity index is 1.32. The summed E-state index contributed by atoms with van der Waals surface area (Å²) in [4.78, 5) is 43.8. The van der Waals surface area contributed by atoms with Crippen molar-refractivity contribution in [2.75, 3.05) is 11.5 Å². The molecule has 214 valence electrons. The smallest absolute Gasteiger partial charge is 0.378 e. The van der Waals surface area contributed by atoms with Crippen LogP contribution in [0.25, 0.3) is 11.0 Å². The topological polar surface area (TPSA) is 106 Å². The molecule has 3 aromatic rings. The number of pyridine rings is 1. The molecule has 2 aliphatic rings. The first-order valence-electron chi connectivity index (χ1n) is 13.1. The van der Waals surface area contributed by atoms with Crippen molar-refractivity contribution in [3.63, 3.8) is 0 Å². The zero-order valence-corrected chi connectivity index (χ0v) is 22.2. The highest BCUT2D eigenvalue weighted by atomic mass is 32.2. The zero-order valence-electron chi connectivity index (χ0n) is 21.4. The summed E-state index contributed by atoms with van der Waals surface area (Å²) in [6.45, 7) is 0. The minimum absolute atomic E-state index is 0.0319. The molecule has 1 atom stereocenters. The second-order valence-electron chi connectivity index (χ2n) is 10.2. The van der Waals surface area contributed by atoms with Gasteiger partial charge in [0.25, 0.3) is 11.5 Å². The van der Waals surface area contributed by atoms with Gasteiger partial charge in [0.2, 0.25) is 0 Å². The molecule has 13 heteroatoms. The summed E-state index contributed by atoms with van der Waals surface area (Å²) in [5.74, 6) is 0.313. The number of hydrogen-bond acceptors (Lipinski definition) is 6. The summed E-state index contributed by atoms with van der Waals surface area (Å²) in [6, 6.07) is 3.86. The number of benzene rings is 1. The van der Waals surface area contributed by atoms with Crippen LogP contribution >= 0.6 is 11.8 Å². The van der Waals surface area contributed by atoms with Crippen LogP contribution in [0.1, 0.15) is 67.8 Å². The number of rotatable bonds is 5. The van der Waals surface area contributed by atoms with Crippen LogP contribution in [0, 0.1) is 5.82 Å². The standard InChI is InChI=1S/C27H28F4N4O4S/c28-17-13-21-23(32-14-17)34(20-9-11-40-12-10-20)26(39)35(25(21)38)19-7-5-18(6-8-19)33-24(37)22(36)15-1-3-16(4-2-15)27(29,30)31/h1-4,13-14,18-20,22,36H,5-12H2,(H,33,37)/t18-,19+,22?. The third-order valence-electron chi connectivity index (χ3n) is 7.69. The van der Waals surface area contributed by atoms with E-state index in [-0.39, 0.29) is 28.7 Å². The van der Waals surface area contributed by atoms with Gasteiger partial charge in [0.1, 0.15) is 11.5 Å². The van der Waals surface area contributed by atoms with Gasteiger partial charge in [-0.2, -0.15) is 24.9 Å². The van der Waals surface area contributed by atoms with Crippen molar-refractivity contribution in [3.8, 4) is 0 Å². The van der Waals surface area contributed by atoms with Crippen molar-refractivity contribution in [1.82, 2.24) is 19.4 Å². The number of hydrogen-bond donors (Lipinski definition) is 2. The van der Waals surface area contributed by atoms with Gasteiger partial charge in [-0.1, -0.05) is 12.1 Å². The fourth-order valence-corrected chi connectivity index (χ4v) is 6.65. The molecule has 40 heavy (non-hydrogen) atoms. The molecule has 1 unspecified atom stereocenters. The van der Waals surface area contributed by atoms with E-state index in [1.807, 2.05) is 0 Å². The molecule has 3 heterocycles. The number of aliphatic hydroxyl groups excluding tert-OH is 1. The van der Waals surface area contributed by atoms with Crippen molar-refractivity contribution in [2.45, 2.75) is 68.9 Å². The van der Waals surface area contributed by atoms with Crippen LogP contribution in [0.5, 0.6) is 0 Å². The predicted octanol–water partition coefficient (Wildman–Crippen LogP) is 4.12. The summed E-state index contributed by atoms with van der Waals surface area (Å²) in [6.07, 6.45) is -2.13. The van der Waals surface area contributed by atoms with Crippen LogP contribution in [0.15, 0.2) is 46.1 Å². The number of carbonyl (C=O) groups excluding carboxylic acids is 1. The second-order valence-corrected chi connectivity index (χ2v) is 11.5. The lowest BCUT2D eigenvalue weighted by Gasteiger charge is -2.32. The van der Waals surface area contributed by atoms with E-state index in [4.69, 9.17) is 0 Å². The lowest BCUT2D eigenvalue weighted by molar-refractivity contribution is -0.137. The third kappa shape index (κ3) is 5.67. The average Bonchev–Trinajstić information content (AvgIpc) is 2.94. The van der Waals surface area contributed by atoms with Gasteiger partial charge in [0, 0.05) is 18.1 Å². The maximum absolute atomic E-state index is 14.1. The van der Waals surface area contributed by atoms with Gasteiger partial charge in [-0.25, -0.2) is 14.2 Å². The van der Waals surface area contributed by atoms with Crippen LogP contribution in [0.2, 0.25) is 0 Å². The van der Waals surface area contributed by atoms with Crippen LogP contribution in [-0.4, -0.2) is 42.7 Å². The van der Waals surface area contributed by atoms with Crippen molar-refractivity contribution >= 4 is 28.7 Å². The number of fused-ring (bicyclic) bond motifs is 1. The van der Waals surface area contributed by atoms with Crippen LogP contribution in [-0.2, 0) is 11.0 Å². The van der Waals surface area contributed by atoms with Crippen molar-refractivity contribution in [1.29, 1.82) is 0 Å². The van der Waals surface area contributed by atoms with Crippen molar-refractivity contribution in [3.05, 3.63) is 74.3 Å². The summed E-state index contributed by atoms with van der Waals surface area (Å²) in [5, 5.41) is 13.1. The van der Waals surface area contributed by atoms with Crippen LogP contribution < -0.4 is 16.6 Å². The molecule has 0 radical (unpaired) electrons. The number of amides is 1. The largest absolute Gasteiger partial charge is 0.416 e. The Kier molecular flexibility index (Phi) is 8.05. The lowest BCUT2D eigenvalue weighted by atomic mass is 9.90. The number of nitrogens with zero attached hydrogens (tertiary/aromatic N) is 3. The molecule has 1 aliphatic carbocycles. The molecule has 1 amide bonds. The van der Waals surface area contributed by atoms with E-state index >= 15 is 0 Å². The Bertz CT molecular complexity index is 1510. The Morgan fingerprint density at radius 3 is 2.25 bits per heavy atom. The maximum Gasteiger partial charge on any atom is 0.416 e. The van der Waals surface area contributed by atoms with Gasteiger partial charge >= 0.3 is 11.9 Å². The minimum atomic E-state index is -4.53. The number of nitrogens with one attached hydrogen (secondary N) is 1. The first kappa shape index (κ1) is 28.3. The van der Waals surface area contributed by atoms with Crippen molar-refractivity contribution < 1.29 is 27.5 Å². The number of carbonyl (C=O) groups is 1. The molecule has 2 aromatic heterocycles. The van der Waals surface area contributed by atoms with Crippen LogP contribution in [0.4, 0.5) is 17.6 Å². The molecule has 8 nitrogen and oxygen atoms in total. The third-order valence-corrected chi connectivity index (χ3v) is 8.74. The van der Waals surface area contributed by atoms with Gasteiger partial charge in [-0.3, -0.25) is 18.7 Å². The Morgan fingerprint density at radius 1 is 1.00 bits per heavy atom. The monoisotopic (exact) mass is 580 g/mol. The summed E-state index contributed by atoms with van der Waals surface area (Å²) >= 11 is 1.79. The number of thioether (sulfide) groups is 1. The highest BCUT2D eigenvalue weighted by Gasteiger charge is 2.32. The average molecular weight is 581 g/mol. The molecule has 1 saturated heterocycles. The molecule has 2 fully saturated rings. The van der Waals surface area contributed by atoms with E-state index in [1.165, 1.54) is 9.13 Å². The molecular formula is C27H28F4N4O4S. The molecule has 1 aliphatic heterocycles. The second kappa shape index (κ2) is 11.4. The molecule has 0 spiro atoms. The molecule has 5 rings (SSSR count). The Hall–Kier alpha value is -3.19. The van der Waals surface area contributed by atoms with E-state index in [1.54, 1.807) is 11.8 Å². The zero-order chi connectivity index (χ0) is 28.6. The summed E-state index contributed by atoms with van der Waals surface area (Å²) < 4.78 is 55.2. The van der Waals surface area contributed by atoms with Gasteiger partial charge in [-0.15, -0.1) is 0 Å². The Morgan fingerprint density at radius 2 is 1.62 bits per heavy atom. The first-order valence-corrected chi connectivity index (χ1v) is 14.3. The normalized spacial score (nSPS) is 21.3. The van der Waals surface area contributed by atoms with E-state index in [0.29, 0.717) is 25.7 Å². The lowest BCUT2D eigenvalue weighted by Crippen LogP contribution is -2.47. The minimum Gasteiger partial charge on any atom is -0.378 e. The van der Waals surface area contributed by atoms with Gasteiger partial charge in [0.05, 0.1) is 17.1 Å². The molecular weight excluding hydrogens is 552 g/mol. The molecule has 2 N–H and O–H groups in total. The summed E-state index contributed by atoms with van der Waals surface area (Å²) in [5.41, 5.74) is -1.74. The number of halogens is 4. The van der Waals surface area contributed by atoms with E-state index in [2.05, 4.69) is 10.3 Å². The van der Waals surface area contributed by atoms with Crippen LogP contribution in [0.3, 0.4) is 0 Å². The predicted molar refractivity (Wildman–Crippen MR) is 142 cm³/mol. The van der Waals surface area contributed by atoms with E-state index < -0.39 is 46.9 Å². The fourth-order valence-electron chi connectivity index (χ4n) is 5.56. The Labute approximate surface area is 230 Å². The number of alkyl halides is 3. The van der Waals surface area contributed by atoms with E-state index in [9.17, 15) is 37.1 Å². The maximum atomic E-state index is 14.1. The summed E-state index contributed by atoms with van der Waals surface area (Å²) in [7, 11) is 0.